The summed E-state index contributed by atoms with van der Waals surface area (Å²) in [5.41, 5.74) is 7.96. The first kappa shape index (κ1) is 14.6. The average Bonchev–Trinajstić information content (AvgIpc) is 2.41. The molecule has 0 radical (unpaired) electrons. The van der Waals surface area contributed by atoms with Crippen LogP contribution in [0.2, 0.25) is 5.02 Å². The minimum absolute atomic E-state index is 0.637. The van der Waals surface area contributed by atoms with Crippen molar-refractivity contribution >= 4 is 17.3 Å². The number of benzene rings is 1. The molecule has 0 unspecified atom stereocenters. The van der Waals surface area contributed by atoms with Gasteiger partial charge >= 0.3 is 0 Å². The molecule has 0 atom stereocenters. The average molecular weight is 282 g/mol. The zero-order valence-electron chi connectivity index (χ0n) is 11.9. The maximum absolute atomic E-state index is 6.31. The van der Waals surface area contributed by atoms with E-state index in [1.54, 1.807) is 0 Å². The van der Waals surface area contributed by atoms with Gasteiger partial charge in [0.15, 0.2) is 0 Å². The van der Waals surface area contributed by atoms with Crippen molar-refractivity contribution in [3.63, 3.8) is 0 Å². The van der Waals surface area contributed by atoms with Gasteiger partial charge in [0.2, 0.25) is 0 Å². The molecule has 106 valence electrons. The van der Waals surface area contributed by atoms with E-state index in [0.717, 1.165) is 43.2 Å². The molecule has 0 spiro atoms. The largest absolute Gasteiger partial charge is 0.369 e. The number of anilines is 1. The van der Waals surface area contributed by atoms with E-state index in [0.29, 0.717) is 12.6 Å². The first-order valence-corrected chi connectivity index (χ1v) is 7.47. The fourth-order valence-electron chi connectivity index (χ4n) is 2.59. The molecule has 1 aliphatic rings. The minimum Gasteiger partial charge on any atom is -0.369 e. The van der Waals surface area contributed by atoms with Gasteiger partial charge in [-0.3, -0.25) is 4.90 Å². The van der Waals surface area contributed by atoms with Crippen molar-refractivity contribution in [1.82, 2.24) is 4.90 Å². The minimum atomic E-state index is 0.637. The van der Waals surface area contributed by atoms with E-state index in [4.69, 9.17) is 17.3 Å². The second-order valence-corrected chi connectivity index (χ2v) is 5.84. The molecule has 0 amide bonds. The van der Waals surface area contributed by atoms with E-state index in [2.05, 4.69) is 41.8 Å². The summed E-state index contributed by atoms with van der Waals surface area (Å²) in [6.45, 7) is 9.56. The number of hydrogen-bond acceptors (Lipinski definition) is 3. The molecular weight excluding hydrogens is 258 g/mol. The third kappa shape index (κ3) is 3.62. The van der Waals surface area contributed by atoms with Gasteiger partial charge in [0.1, 0.15) is 0 Å². The molecule has 19 heavy (non-hydrogen) atoms. The lowest BCUT2D eigenvalue weighted by Crippen LogP contribution is -2.48. The van der Waals surface area contributed by atoms with E-state index in [-0.39, 0.29) is 0 Å². The number of piperazine rings is 1. The molecule has 0 aliphatic carbocycles. The molecular formula is C15H24ClN3. The summed E-state index contributed by atoms with van der Waals surface area (Å²) < 4.78 is 0. The third-order valence-corrected chi connectivity index (χ3v) is 4.21. The summed E-state index contributed by atoms with van der Waals surface area (Å²) >= 11 is 6.31. The SMILES string of the molecule is CC(C)N1CCN(c2ccc(CCN)c(Cl)c2)CC1. The molecule has 1 aromatic carbocycles. The lowest BCUT2D eigenvalue weighted by Gasteiger charge is -2.38. The van der Waals surface area contributed by atoms with E-state index in [1.807, 2.05) is 0 Å². The van der Waals surface area contributed by atoms with Gasteiger partial charge in [0.25, 0.3) is 0 Å². The van der Waals surface area contributed by atoms with Crippen LogP contribution in [0.1, 0.15) is 19.4 Å². The molecule has 0 bridgehead atoms. The third-order valence-electron chi connectivity index (χ3n) is 3.86. The quantitative estimate of drug-likeness (QED) is 0.920. The Balaban J connectivity index is 2.01. The molecule has 1 aliphatic heterocycles. The van der Waals surface area contributed by atoms with Gasteiger partial charge < -0.3 is 10.6 Å². The van der Waals surface area contributed by atoms with Crippen LogP contribution in [-0.2, 0) is 6.42 Å². The number of nitrogens with zero attached hydrogens (tertiary/aromatic N) is 2. The van der Waals surface area contributed by atoms with Crippen molar-refractivity contribution in [2.45, 2.75) is 26.3 Å². The highest BCUT2D eigenvalue weighted by Gasteiger charge is 2.19. The highest BCUT2D eigenvalue weighted by Crippen LogP contribution is 2.25. The van der Waals surface area contributed by atoms with Gasteiger partial charge in [-0.2, -0.15) is 0 Å². The maximum atomic E-state index is 6.31. The van der Waals surface area contributed by atoms with Gasteiger partial charge in [-0.25, -0.2) is 0 Å². The van der Waals surface area contributed by atoms with Crippen molar-refractivity contribution < 1.29 is 0 Å². The van der Waals surface area contributed by atoms with Gasteiger partial charge in [-0.1, -0.05) is 17.7 Å². The van der Waals surface area contributed by atoms with E-state index in [9.17, 15) is 0 Å². The number of halogens is 1. The second kappa shape index (κ2) is 6.60. The zero-order valence-corrected chi connectivity index (χ0v) is 12.7. The van der Waals surface area contributed by atoms with Crippen molar-refractivity contribution in [2.75, 3.05) is 37.6 Å². The van der Waals surface area contributed by atoms with Gasteiger partial charge in [0, 0.05) is 42.9 Å². The fraction of sp³-hybridized carbons (Fsp3) is 0.600. The summed E-state index contributed by atoms with van der Waals surface area (Å²) in [6, 6.07) is 7.00. The Hall–Kier alpha value is -0.770. The van der Waals surface area contributed by atoms with Gasteiger partial charge in [-0.15, -0.1) is 0 Å². The summed E-state index contributed by atoms with van der Waals surface area (Å²) in [6.07, 6.45) is 0.847. The number of hydrogen-bond donors (Lipinski definition) is 1. The van der Waals surface area contributed by atoms with E-state index >= 15 is 0 Å². The van der Waals surface area contributed by atoms with Crippen molar-refractivity contribution in [2.24, 2.45) is 5.73 Å². The molecule has 1 fully saturated rings. The zero-order chi connectivity index (χ0) is 13.8. The Kier molecular flexibility index (Phi) is 5.08. The molecule has 0 saturated carbocycles. The Morgan fingerprint density at radius 3 is 2.42 bits per heavy atom. The predicted octanol–water partition coefficient (Wildman–Crippen LogP) is 2.37. The molecule has 3 nitrogen and oxygen atoms in total. The van der Waals surface area contributed by atoms with Crippen molar-refractivity contribution in [3.05, 3.63) is 28.8 Å². The summed E-state index contributed by atoms with van der Waals surface area (Å²) in [7, 11) is 0. The van der Waals surface area contributed by atoms with Crippen LogP contribution in [0.3, 0.4) is 0 Å². The van der Waals surface area contributed by atoms with Crippen LogP contribution in [0, 0.1) is 0 Å². The lowest BCUT2D eigenvalue weighted by molar-refractivity contribution is 0.209. The molecule has 1 aromatic rings. The molecule has 0 aromatic heterocycles. The summed E-state index contributed by atoms with van der Waals surface area (Å²) in [5, 5.41) is 0.842. The summed E-state index contributed by atoms with van der Waals surface area (Å²) in [5.74, 6) is 0. The monoisotopic (exact) mass is 281 g/mol. The first-order valence-electron chi connectivity index (χ1n) is 7.09. The van der Waals surface area contributed by atoms with Crippen LogP contribution in [0.15, 0.2) is 18.2 Å². The van der Waals surface area contributed by atoms with Crippen LogP contribution in [-0.4, -0.2) is 43.7 Å². The van der Waals surface area contributed by atoms with Gasteiger partial charge in [0.05, 0.1) is 0 Å². The van der Waals surface area contributed by atoms with Crippen molar-refractivity contribution in [3.8, 4) is 0 Å². The first-order chi connectivity index (χ1) is 9.11. The maximum Gasteiger partial charge on any atom is 0.0459 e. The van der Waals surface area contributed by atoms with Crippen LogP contribution < -0.4 is 10.6 Å². The predicted molar refractivity (Wildman–Crippen MR) is 83.1 cm³/mol. The van der Waals surface area contributed by atoms with Crippen molar-refractivity contribution in [1.29, 1.82) is 0 Å². The summed E-state index contributed by atoms with van der Waals surface area (Å²) in [4.78, 5) is 4.93. The molecule has 2 N–H and O–H groups in total. The fourth-order valence-corrected chi connectivity index (χ4v) is 2.86. The van der Waals surface area contributed by atoms with Crippen LogP contribution >= 0.6 is 11.6 Å². The standard InChI is InChI=1S/C15H24ClN3/c1-12(2)18-7-9-19(10-8-18)14-4-3-13(5-6-17)15(16)11-14/h3-4,11-12H,5-10,17H2,1-2H3. The second-order valence-electron chi connectivity index (χ2n) is 5.43. The lowest BCUT2D eigenvalue weighted by atomic mass is 10.1. The highest BCUT2D eigenvalue weighted by atomic mass is 35.5. The molecule has 1 saturated heterocycles. The smallest absolute Gasteiger partial charge is 0.0459 e. The molecule has 4 heteroatoms. The Morgan fingerprint density at radius 2 is 1.89 bits per heavy atom. The Labute approximate surface area is 121 Å². The Bertz CT molecular complexity index is 412. The number of nitrogens with two attached hydrogens (primary N) is 1. The van der Waals surface area contributed by atoms with Crippen LogP contribution in [0.4, 0.5) is 5.69 Å². The van der Waals surface area contributed by atoms with E-state index in [1.165, 1.54) is 5.69 Å². The van der Waals surface area contributed by atoms with Crippen LogP contribution in [0.5, 0.6) is 0 Å². The number of rotatable bonds is 4. The van der Waals surface area contributed by atoms with Crippen LogP contribution in [0.25, 0.3) is 0 Å². The topological polar surface area (TPSA) is 32.5 Å². The normalized spacial score (nSPS) is 17.2. The van der Waals surface area contributed by atoms with E-state index < -0.39 is 0 Å². The van der Waals surface area contributed by atoms with Gasteiger partial charge in [-0.05, 0) is 44.5 Å². The molecule has 2 rings (SSSR count). The Morgan fingerprint density at radius 1 is 1.21 bits per heavy atom. The molecule has 1 heterocycles. The highest BCUT2D eigenvalue weighted by molar-refractivity contribution is 6.31.